The zero-order chi connectivity index (χ0) is 11.3. The number of hydrogen-bond acceptors (Lipinski definition) is 4. The maximum atomic E-state index is 10.8. The molecule has 0 saturated heterocycles. The molecule has 1 aromatic rings. The SMILES string of the molecule is CCN(CCN)c1ccc(C(N)=O)cn1. The van der Waals surface area contributed by atoms with Gasteiger partial charge in [-0.2, -0.15) is 0 Å². The molecule has 15 heavy (non-hydrogen) atoms. The Morgan fingerprint density at radius 3 is 2.67 bits per heavy atom. The van der Waals surface area contributed by atoms with Crippen LogP contribution < -0.4 is 16.4 Å². The molecule has 0 atom stereocenters. The average molecular weight is 208 g/mol. The smallest absolute Gasteiger partial charge is 0.250 e. The molecule has 0 aliphatic heterocycles. The van der Waals surface area contributed by atoms with Gasteiger partial charge in [0.15, 0.2) is 0 Å². The number of aromatic nitrogens is 1. The molecular formula is C10H16N4O. The second-order valence-corrected chi connectivity index (χ2v) is 3.14. The van der Waals surface area contributed by atoms with Gasteiger partial charge in [-0.15, -0.1) is 0 Å². The summed E-state index contributed by atoms with van der Waals surface area (Å²) in [5, 5.41) is 0. The fourth-order valence-electron chi connectivity index (χ4n) is 1.31. The van der Waals surface area contributed by atoms with Crippen LogP contribution in [0.3, 0.4) is 0 Å². The van der Waals surface area contributed by atoms with Gasteiger partial charge in [0, 0.05) is 25.8 Å². The van der Waals surface area contributed by atoms with E-state index in [1.165, 1.54) is 6.20 Å². The minimum atomic E-state index is -0.462. The van der Waals surface area contributed by atoms with Crippen LogP contribution in [0.2, 0.25) is 0 Å². The van der Waals surface area contributed by atoms with Gasteiger partial charge in [0.2, 0.25) is 5.91 Å². The summed E-state index contributed by atoms with van der Waals surface area (Å²) < 4.78 is 0. The number of primary amides is 1. The molecule has 1 aromatic heterocycles. The van der Waals surface area contributed by atoms with Crippen molar-refractivity contribution in [3.8, 4) is 0 Å². The summed E-state index contributed by atoms with van der Waals surface area (Å²) in [5.41, 5.74) is 11.0. The standard InChI is InChI=1S/C10H16N4O/c1-2-14(6-5-11)9-4-3-8(7-13-9)10(12)15/h3-4,7H,2,5-6,11H2,1H3,(H2,12,15). The van der Waals surface area contributed by atoms with Crippen LogP contribution in [0.25, 0.3) is 0 Å². The predicted molar refractivity (Wildman–Crippen MR) is 59.7 cm³/mol. The molecule has 82 valence electrons. The third-order valence-corrected chi connectivity index (χ3v) is 2.14. The number of rotatable bonds is 5. The first-order chi connectivity index (χ1) is 7.19. The number of likely N-dealkylation sites (N-methyl/N-ethyl adjacent to an activating group) is 1. The van der Waals surface area contributed by atoms with E-state index in [0.717, 1.165) is 18.9 Å². The predicted octanol–water partition coefficient (Wildman–Crippen LogP) is -0.0345. The zero-order valence-electron chi connectivity index (χ0n) is 8.81. The van der Waals surface area contributed by atoms with E-state index in [9.17, 15) is 4.79 Å². The molecule has 0 radical (unpaired) electrons. The van der Waals surface area contributed by atoms with Crippen LogP contribution in [0.5, 0.6) is 0 Å². The van der Waals surface area contributed by atoms with Gasteiger partial charge in [0.05, 0.1) is 5.56 Å². The summed E-state index contributed by atoms with van der Waals surface area (Å²) >= 11 is 0. The highest BCUT2D eigenvalue weighted by atomic mass is 16.1. The minimum absolute atomic E-state index is 0.419. The summed E-state index contributed by atoms with van der Waals surface area (Å²) in [6, 6.07) is 3.45. The van der Waals surface area contributed by atoms with Crippen molar-refractivity contribution in [2.45, 2.75) is 6.92 Å². The highest BCUT2D eigenvalue weighted by molar-refractivity contribution is 5.92. The molecule has 0 saturated carbocycles. The van der Waals surface area contributed by atoms with Crippen molar-refractivity contribution in [1.82, 2.24) is 4.98 Å². The Morgan fingerprint density at radius 2 is 2.27 bits per heavy atom. The Balaban J connectivity index is 2.81. The van der Waals surface area contributed by atoms with Crippen LogP contribution in [-0.4, -0.2) is 30.5 Å². The molecule has 0 unspecified atom stereocenters. The molecule has 0 bridgehead atoms. The lowest BCUT2D eigenvalue weighted by Crippen LogP contribution is -2.29. The second-order valence-electron chi connectivity index (χ2n) is 3.14. The Hall–Kier alpha value is -1.62. The van der Waals surface area contributed by atoms with Crippen LogP contribution in [0, 0.1) is 0 Å². The van der Waals surface area contributed by atoms with Crippen molar-refractivity contribution in [1.29, 1.82) is 0 Å². The van der Waals surface area contributed by atoms with E-state index in [0.29, 0.717) is 12.1 Å². The normalized spacial score (nSPS) is 10.0. The second kappa shape index (κ2) is 5.31. The molecule has 1 rings (SSSR count). The average Bonchev–Trinajstić information content (AvgIpc) is 2.26. The summed E-state index contributed by atoms with van der Waals surface area (Å²) in [6.45, 7) is 4.19. The maximum absolute atomic E-state index is 10.8. The molecule has 0 aliphatic carbocycles. The molecule has 5 heteroatoms. The minimum Gasteiger partial charge on any atom is -0.366 e. The Labute approximate surface area is 89.1 Å². The van der Waals surface area contributed by atoms with Crippen LogP contribution in [0.1, 0.15) is 17.3 Å². The van der Waals surface area contributed by atoms with Gasteiger partial charge in [-0.25, -0.2) is 4.98 Å². The largest absolute Gasteiger partial charge is 0.366 e. The highest BCUT2D eigenvalue weighted by Gasteiger charge is 2.05. The van der Waals surface area contributed by atoms with Gasteiger partial charge in [-0.1, -0.05) is 0 Å². The molecular weight excluding hydrogens is 192 g/mol. The van der Waals surface area contributed by atoms with Crippen LogP contribution in [0.15, 0.2) is 18.3 Å². The molecule has 0 spiro atoms. The number of hydrogen-bond donors (Lipinski definition) is 2. The van der Waals surface area contributed by atoms with E-state index in [1.54, 1.807) is 12.1 Å². The molecule has 4 N–H and O–H groups in total. The van der Waals surface area contributed by atoms with Crippen molar-refractivity contribution in [2.75, 3.05) is 24.5 Å². The molecule has 0 aromatic carbocycles. The van der Waals surface area contributed by atoms with Gasteiger partial charge in [-0.3, -0.25) is 4.79 Å². The Morgan fingerprint density at radius 1 is 1.53 bits per heavy atom. The molecule has 5 nitrogen and oxygen atoms in total. The fraction of sp³-hybridized carbons (Fsp3) is 0.400. The summed E-state index contributed by atoms with van der Waals surface area (Å²) in [4.78, 5) is 17.0. The molecule has 1 amide bonds. The first-order valence-corrected chi connectivity index (χ1v) is 4.90. The number of nitrogens with zero attached hydrogens (tertiary/aromatic N) is 2. The third-order valence-electron chi connectivity index (χ3n) is 2.14. The van der Waals surface area contributed by atoms with E-state index in [1.807, 2.05) is 11.8 Å². The summed E-state index contributed by atoms with van der Waals surface area (Å²) in [7, 11) is 0. The Kier molecular flexibility index (Phi) is 4.05. The maximum Gasteiger partial charge on any atom is 0.250 e. The number of anilines is 1. The van der Waals surface area contributed by atoms with Crippen molar-refractivity contribution in [2.24, 2.45) is 11.5 Å². The van der Waals surface area contributed by atoms with Gasteiger partial charge in [0.25, 0.3) is 0 Å². The fourth-order valence-corrected chi connectivity index (χ4v) is 1.31. The molecule has 1 heterocycles. The van der Waals surface area contributed by atoms with E-state index < -0.39 is 5.91 Å². The van der Waals surface area contributed by atoms with E-state index >= 15 is 0 Å². The van der Waals surface area contributed by atoms with Gasteiger partial charge >= 0.3 is 0 Å². The van der Waals surface area contributed by atoms with E-state index in [2.05, 4.69) is 4.98 Å². The van der Waals surface area contributed by atoms with Crippen molar-refractivity contribution >= 4 is 11.7 Å². The summed E-state index contributed by atoms with van der Waals surface area (Å²) in [6.07, 6.45) is 1.48. The summed E-state index contributed by atoms with van der Waals surface area (Å²) in [5.74, 6) is 0.351. The van der Waals surface area contributed by atoms with E-state index in [4.69, 9.17) is 11.5 Å². The highest BCUT2D eigenvalue weighted by Crippen LogP contribution is 2.10. The van der Waals surface area contributed by atoms with E-state index in [-0.39, 0.29) is 0 Å². The van der Waals surface area contributed by atoms with Gasteiger partial charge < -0.3 is 16.4 Å². The van der Waals surface area contributed by atoms with Crippen molar-refractivity contribution in [3.05, 3.63) is 23.9 Å². The van der Waals surface area contributed by atoms with Crippen LogP contribution >= 0.6 is 0 Å². The first-order valence-electron chi connectivity index (χ1n) is 4.90. The number of nitrogens with two attached hydrogens (primary N) is 2. The van der Waals surface area contributed by atoms with Crippen molar-refractivity contribution in [3.63, 3.8) is 0 Å². The topological polar surface area (TPSA) is 85.2 Å². The lowest BCUT2D eigenvalue weighted by atomic mass is 10.2. The lowest BCUT2D eigenvalue weighted by molar-refractivity contribution is 0.1000. The van der Waals surface area contributed by atoms with Crippen molar-refractivity contribution < 1.29 is 4.79 Å². The third kappa shape index (κ3) is 2.92. The quantitative estimate of drug-likeness (QED) is 0.711. The monoisotopic (exact) mass is 208 g/mol. The van der Waals surface area contributed by atoms with Gasteiger partial charge in [-0.05, 0) is 19.1 Å². The number of carbonyl (C=O) groups is 1. The molecule has 0 fully saturated rings. The van der Waals surface area contributed by atoms with Gasteiger partial charge in [0.1, 0.15) is 5.82 Å². The first kappa shape index (κ1) is 11.5. The number of amides is 1. The lowest BCUT2D eigenvalue weighted by Gasteiger charge is -2.20. The molecule has 0 aliphatic rings. The zero-order valence-corrected chi connectivity index (χ0v) is 8.81. The van der Waals surface area contributed by atoms with Crippen LogP contribution in [-0.2, 0) is 0 Å². The Bertz CT molecular complexity index is 323. The van der Waals surface area contributed by atoms with Crippen LogP contribution in [0.4, 0.5) is 5.82 Å². The number of pyridine rings is 1. The number of carbonyl (C=O) groups excluding carboxylic acids is 1.